The van der Waals surface area contributed by atoms with Gasteiger partial charge in [-0.25, -0.2) is 0 Å². The van der Waals surface area contributed by atoms with Crippen LogP contribution < -0.4 is 15.2 Å². The number of hydrogen-bond donors (Lipinski definition) is 2. The number of aromatic amines is 1. The SMILES string of the molecule is CCCOc1ccc(-c2[nH]nc3c2[C@@H](c2ccc(Cl)cc2Cl)C(C#N)=C(N)O3)cc1. The van der Waals surface area contributed by atoms with Gasteiger partial charge >= 0.3 is 0 Å². The third-order valence-electron chi connectivity index (χ3n) is 4.83. The molecule has 8 heteroatoms. The number of rotatable bonds is 5. The van der Waals surface area contributed by atoms with E-state index in [1.54, 1.807) is 18.2 Å². The van der Waals surface area contributed by atoms with Crippen molar-refractivity contribution in [1.29, 1.82) is 5.26 Å². The van der Waals surface area contributed by atoms with Crippen LogP contribution in [-0.2, 0) is 0 Å². The minimum absolute atomic E-state index is 0.00220. The molecule has 0 fully saturated rings. The van der Waals surface area contributed by atoms with Gasteiger partial charge in [-0.3, -0.25) is 5.10 Å². The van der Waals surface area contributed by atoms with Crippen molar-refractivity contribution in [2.75, 3.05) is 6.61 Å². The zero-order valence-electron chi connectivity index (χ0n) is 16.1. The lowest BCUT2D eigenvalue weighted by molar-refractivity contribution is 0.317. The Hall–Kier alpha value is -3.14. The summed E-state index contributed by atoms with van der Waals surface area (Å²) in [4.78, 5) is 0. The van der Waals surface area contributed by atoms with Gasteiger partial charge in [-0.1, -0.05) is 36.2 Å². The lowest BCUT2D eigenvalue weighted by Crippen LogP contribution is -2.21. The summed E-state index contributed by atoms with van der Waals surface area (Å²) in [7, 11) is 0. The molecule has 0 aliphatic carbocycles. The van der Waals surface area contributed by atoms with E-state index in [0.717, 1.165) is 17.7 Å². The molecule has 4 rings (SSSR count). The first kappa shape index (κ1) is 20.1. The minimum Gasteiger partial charge on any atom is -0.494 e. The maximum absolute atomic E-state index is 9.80. The molecule has 0 bridgehead atoms. The minimum atomic E-state index is -0.548. The van der Waals surface area contributed by atoms with Crippen molar-refractivity contribution in [3.8, 4) is 29.0 Å². The molecule has 30 heavy (non-hydrogen) atoms. The summed E-state index contributed by atoms with van der Waals surface area (Å²) >= 11 is 12.6. The largest absolute Gasteiger partial charge is 0.494 e. The first-order valence-electron chi connectivity index (χ1n) is 9.37. The van der Waals surface area contributed by atoms with Crippen molar-refractivity contribution in [2.45, 2.75) is 19.3 Å². The fraction of sp³-hybridized carbons (Fsp3) is 0.182. The predicted octanol–water partition coefficient (Wildman–Crippen LogP) is 5.39. The van der Waals surface area contributed by atoms with Crippen molar-refractivity contribution in [2.24, 2.45) is 5.73 Å². The molecular weight excluding hydrogens is 423 g/mol. The Morgan fingerprint density at radius 2 is 2.00 bits per heavy atom. The molecule has 2 heterocycles. The Balaban J connectivity index is 1.84. The number of H-pyrrole nitrogens is 1. The van der Waals surface area contributed by atoms with Crippen LogP contribution in [0, 0.1) is 11.3 Å². The molecule has 1 aliphatic heterocycles. The number of nitrogens with one attached hydrogen (secondary N) is 1. The van der Waals surface area contributed by atoms with Gasteiger partial charge in [0.2, 0.25) is 11.8 Å². The highest BCUT2D eigenvalue weighted by Gasteiger charge is 2.36. The molecule has 3 aromatic rings. The highest BCUT2D eigenvalue weighted by molar-refractivity contribution is 6.35. The zero-order valence-corrected chi connectivity index (χ0v) is 17.6. The van der Waals surface area contributed by atoms with Gasteiger partial charge in [-0.15, -0.1) is 5.10 Å². The average Bonchev–Trinajstić information content (AvgIpc) is 3.15. The molecule has 1 aromatic heterocycles. The summed E-state index contributed by atoms with van der Waals surface area (Å²) in [5, 5.41) is 18.0. The number of nitrogens with zero attached hydrogens (tertiary/aromatic N) is 2. The third kappa shape index (κ3) is 3.58. The van der Waals surface area contributed by atoms with Gasteiger partial charge in [0.15, 0.2) is 0 Å². The summed E-state index contributed by atoms with van der Waals surface area (Å²) in [5.74, 6) is 0.545. The smallest absolute Gasteiger partial charge is 0.244 e. The molecule has 6 nitrogen and oxygen atoms in total. The van der Waals surface area contributed by atoms with E-state index in [1.165, 1.54) is 0 Å². The van der Waals surface area contributed by atoms with Gasteiger partial charge in [0, 0.05) is 15.6 Å². The van der Waals surface area contributed by atoms with Crippen LogP contribution in [0.4, 0.5) is 0 Å². The van der Waals surface area contributed by atoms with E-state index in [0.29, 0.717) is 39.4 Å². The lowest BCUT2D eigenvalue weighted by Gasteiger charge is -2.25. The highest BCUT2D eigenvalue weighted by atomic mass is 35.5. The van der Waals surface area contributed by atoms with E-state index in [-0.39, 0.29) is 11.5 Å². The van der Waals surface area contributed by atoms with E-state index < -0.39 is 5.92 Å². The molecular formula is C22H18Cl2N4O2. The summed E-state index contributed by atoms with van der Waals surface area (Å²) in [6, 6.07) is 14.9. The monoisotopic (exact) mass is 440 g/mol. The topological polar surface area (TPSA) is 97.0 Å². The Labute approximate surface area is 183 Å². The standard InChI is InChI=1S/C22H18Cl2N4O2/c1-2-9-29-14-6-3-12(4-7-14)20-19-18(15-8-5-13(23)10-17(15)24)16(11-25)21(26)30-22(19)28-27-20/h3-8,10,18H,2,9,26H2,1H3,(H,27,28)/t18-/m0/s1. The normalized spacial score (nSPS) is 15.3. The second kappa shape index (κ2) is 8.31. The van der Waals surface area contributed by atoms with Crippen molar-refractivity contribution in [3.63, 3.8) is 0 Å². The zero-order chi connectivity index (χ0) is 21.3. The first-order valence-corrected chi connectivity index (χ1v) is 10.1. The highest BCUT2D eigenvalue weighted by Crippen LogP contribution is 2.47. The van der Waals surface area contributed by atoms with Crippen molar-refractivity contribution < 1.29 is 9.47 Å². The summed E-state index contributed by atoms with van der Waals surface area (Å²) in [6.45, 7) is 2.71. The van der Waals surface area contributed by atoms with Crippen LogP contribution >= 0.6 is 23.2 Å². The fourth-order valence-corrected chi connectivity index (χ4v) is 3.97. The Bertz CT molecular complexity index is 1160. The van der Waals surface area contributed by atoms with Crippen molar-refractivity contribution in [1.82, 2.24) is 10.2 Å². The van der Waals surface area contributed by atoms with E-state index in [2.05, 4.69) is 23.2 Å². The average molecular weight is 441 g/mol. The molecule has 0 saturated carbocycles. The number of aromatic nitrogens is 2. The summed E-state index contributed by atoms with van der Waals surface area (Å²) in [5.41, 5.74) is 9.24. The molecule has 0 saturated heterocycles. The predicted molar refractivity (Wildman–Crippen MR) is 116 cm³/mol. The first-order chi connectivity index (χ1) is 14.5. The molecule has 152 valence electrons. The Kier molecular flexibility index (Phi) is 5.58. The van der Waals surface area contributed by atoms with Gasteiger partial charge in [-0.2, -0.15) is 5.26 Å². The van der Waals surface area contributed by atoms with E-state index >= 15 is 0 Å². The van der Waals surface area contributed by atoms with Gasteiger partial charge < -0.3 is 15.2 Å². The van der Waals surface area contributed by atoms with Crippen LogP contribution in [0.5, 0.6) is 11.6 Å². The quantitative estimate of drug-likeness (QED) is 0.553. The van der Waals surface area contributed by atoms with E-state index in [9.17, 15) is 5.26 Å². The second-order valence-corrected chi connectivity index (χ2v) is 7.62. The van der Waals surface area contributed by atoms with Crippen LogP contribution in [0.1, 0.15) is 30.4 Å². The maximum atomic E-state index is 9.80. The van der Waals surface area contributed by atoms with E-state index in [1.807, 2.05) is 24.3 Å². The van der Waals surface area contributed by atoms with Crippen molar-refractivity contribution in [3.05, 3.63) is 75.1 Å². The molecule has 1 aliphatic rings. The van der Waals surface area contributed by atoms with Gasteiger partial charge in [-0.05, 0) is 48.4 Å². The molecule has 1 atom stereocenters. The number of hydrogen-bond acceptors (Lipinski definition) is 5. The molecule has 0 unspecified atom stereocenters. The number of fused-ring (bicyclic) bond motifs is 1. The van der Waals surface area contributed by atoms with Crippen LogP contribution in [0.3, 0.4) is 0 Å². The van der Waals surface area contributed by atoms with Crippen LogP contribution in [0.2, 0.25) is 10.0 Å². The van der Waals surface area contributed by atoms with Crippen LogP contribution in [0.15, 0.2) is 53.9 Å². The summed E-state index contributed by atoms with van der Waals surface area (Å²) in [6.07, 6.45) is 0.932. The number of allylic oxidation sites excluding steroid dienone is 1. The molecule has 2 aromatic carbocycles. The van der Waals surface area contributed by atoms with Gasteiger partial charge in [0.05, 0.1) is 23.8 Å². The summed E-state index contributed by atoms with van der Waals surface area (Å²) < 4.78 is 11.3. The maximum Gasteiger partial charge on any atom is 0.244 e. The third-order valence-corrected chi connectivity index (χ3v) is 5.39. The lowest BCUT2D eigenvalue weighted by atomic mass is 9.83. The Morgan fingerprint density at radius 3 is 2.67 bits per heavy atom. The molecule has 0 radical (unpaired) electrons. The molecule has 3 N–H and O–H groups in total. The van der Waals surface area contributed by atoms with Crippen molar-refractivity contribution >= 4 is 23.2 Å². The van der Waals surface area contributed by atoms with Gasteiger partial charge in [0.1, 0.15) is 17.4 Å². The van der Waals surface area contributed by atoms with E-state index in [4.69, 9.17) is 38.4 Å². The number of nitriles is 1. The van der Waals surface area contributed by atoms with Crippen LogP contribution in [-0.4, -0.2) is 16.8 Å². The molecule has 0 spiro atoms. The number of benzene rings is 2. The number of nitrogens with two attached hydrogens (primary N) is 1. The van der Waals surface area contributed by atoms with Gasteiger partial charge in [0.25, 0.3) is 0 Å². The Morgan fingerprint density at radius 1 is 1.23 bits per heavy atom. The fourth-order valence-electron chi connectivity index (χ4n) is 3.45. The second-order valence-electron chi connectivity index (χ2n) is 6.78. The number of halogens is 2. The molecule has 0 amide bonds. The number of ether oxygens (including phenoxy) is 2. The van der Waals surface area contributed by atoms with Crippen LogP contribution in [0.25, 0.3) is 11.3 Å².